The predicted octanol–water partition coefficient (Wildman–Crippen LogP) is 2.00. The van der Waals surface area contributed by atoms with Gasteiger partial charge < -0.3 is 5.73 Å². The van der Waals surface area contributed by atoms with E-state index in [1.54, 1.807) is 11.0 Å². The van der Waals surface area contributed by atoms with Crippen molar-refractivity contribution in [3.05, 3.63) is 47.0 Å². The maximum absolute atomic E-state index is 6.06. The molecule has 16 heavy (non-hydrogen) atoms. The van der Waals surface area contributed by atoms with Crippen LogP contribution in [0.5, 0.6) is 0 Å². The lowest BCUT2D eigenvalue weighted by molar-refractivity contribution is 0.649. The van der Waals surface area contributed by atoms with E-state index in [0.29, 0.717) is 12.4 Å². The molecule has 2 N–H and O–H groups in total. The molecule has 0 spiro atoms. The van der Waals surface area contributed by atoms with Gasteiger partial charge in [-0.05, 0) is 18.6 Å². The van der Waals surface area contributed by atoms with Gasteiger partial charge >= 0.3 is 0 Å². The van der Waals surface area contributed by atoms with Crippen LogP contribution in [0.25, 0.3) is 0 Å². The summed E-state index contributed by atoms with van der Waals surface area (Å²) in [7, 11) is 0. The van der Waals surface area contributed by atoms with Crippen molar-refractivity contribution in [1.29, 1.82) is 0 Å². The fourth-order valence-electron chi connectivity index (χ4n) is 1.40. The summed E-state index contributed by atoms with van der Waals surface area (Å²) in [5, 5.41) is 5.00. The lowest BCUT2D eigenvalue weighted by Crippen LogP contribution is -2.08. The second kappa shape index (κ2) is 4.63. The molecule has 1 atom stereocenters. The van der Waals surface area contributed by atoms with Gasteiger partial charge in [0.25, 0.3) is 0 Å². The molecule has 1 unspecified atom stereocenters. The summed E-state index contributed by atoms with van der Waals surface area (Å²) < 4.78 is 1.74. The van der Waals surface area contributed by atoms with Crippen LogP contribution in [0.3, 0.4) is 0 Å². The number of nitrogens with zero attached hydrogens (tertiary/aromatic N) is 3. The van der Waals surface area contributed by atoms with Crippen molar-refractivity contribution < 1.29 is 0 Å². The highest BCUT2D eigenvalue weighted by Crippen LogP contribution is 2.15. The molecule has 84 valence electrons. The molecule has 2 rings (SSSR count). The molecule has 1 aromatic heterocycles. The molecular formula is C11H13ClN4. The molecule has 4 nitrogen and oxygen atoms in total. The van der Waals surface area contributed by atoms with E-state index in [0.717, 1.165) is 10.6 Å². The number of benzene rings is 1. The van der Waals surface area contributed by atoms with Crippen LogP contribution in [-0.2, 0) is 6.54 Å². The fraction of sp³-hybridized carbons (Fsp3) is 0.273. The average Bonchev–Trinajstić information content (AvgIpc) is 2.70. The first-order valence-corrected chi connectivity index (χ1v) is 5.43. The van der Waals surface area contributed by atoms with Gasteiger partial charge in [-0.15, -0.1) is 0 Å². The Morgan fingerprint density at radius 3 is 2.81 bits per heavy atom. The highest BCUT2D eigenvalue weighted by Gasteiger charge is 2.06. The number of halogens is 1. The van der Waals surface area contributed by atoms with E-state index in [4.69, 9.17) is 17.3 Å². The molecule has 0 aliphatic heterocycles. The summed E-state index contributed by atoms with van der Waals surface area (Å²) in [6.07, 6.45) is 1.67. The van der Waals surface area contributed by atoms with Crippen molar-refractivity contribution >= 4 is 11.6 Å². The van der Waals surface area contributed by atoms with Crippen molar-refractivity contribution in [2.75, 3.05) is 0 Å². The van der Waals surface area contributed by atoms with Crippen molar-refractivity contribution in [3.63, 3.8) is 0 Å². The van der Waals surface area contributed by atoms with Gasteiger partial charge in [0, 0.05) is 5.02 Å². The smallest absolute Gasteiger partial charge is 0.166 e. The maximum atomic E-state index is 6.06. The van der Waals surface area contributed by atoms with E-state index in [1.807, 2.05) is 31.2 Å². The number of aromatic nitrogens is 3. The highest BCUT2D eigenvalue weighted by molar-refractivity contribution is 6.31. The number of hydrogen-bond donors (Lipinski definition) is 1. The molecule has 0 saturated heterocycles. The maximum Gasteiger partial charge on any atom is 0.166 e. The lowest BCUT2D eigenvalue weighted by atomic mass is 10.2. The molecule has 0 amide bonds. The zero-order valence-electron chi connectivity index (χ0n) is 8.97. The normalized spacial score (nSPS) is 12.7. The molecule has 0 saturated carbocycles. The van der Waals surface area contributed by atoms with Gasteiger partial charge in [0.1, 0.15) is 6.33 Å². The molecule has 0 radical (unpaired) electrons. The lowest BCUT2D eigenvalue weighted by Gasteiger charge is -2.03. The van der Waals surface area contributed by atoms with Gasteiger partial charge in [0.2, 0.25) is 0 Å². The second-order valence-electron chi connectivity index (χ2n) is 3.68. The summed E-state index contributed by atoms with van der Waals surface area (Å²) in [6.45, 7) is 2.47. The van der Waals surface area contributed by atoms with Gasteiger partial charge in [0.05, 0.1) is 12.6 Å². The zero-order chi connectivity index (χ0) is 11.5. The Morgan fingerprint density at radius 2 is 2.19 bits per heavy atom. The third-order valence-electron chi connectivity index (χ3n) is 2.25. The minimum Gasteiger partial charge on any atom is -0.321 e. The first-order valence-electron chi connectivity index (χ1n) is 5.05. The Labute approximate surface area is 99.1 Å². The first kappa shape index (κ1) is 11.1. The standard InChI is InChI=1S/C11H13ClN4/c1-8(13)11-14-7-16(15-11)6-9-4-2-3-5-10(9)12/h2-5,7-8H,6,13H2,1H3. The summed E-state index contributed by atoms with van der Waals surface area (Å²) in [4.78, 5) is 4.13. The van der Waals surface area contributed by atoms with Gasteiger partial charge in [-0.2, -0.15) is 5.10 Å². The molecule has 5 heteroatoms. The molecule has 0 bridgehead atoms. The van der Waals surface area contributed by atoms with E-state index >= 15 is 0 Å². The van der Waals surface area contributed by atoms with Gasteiger partial charge in [-0.1, -0.05) is 29.8 Å². The summed E-state index contributed by atoms with van der Waals surface area (Å²) in [6, 6.07) is 7.54. The molecule has 1 heterocycles. The van der Waals surface area contributed by atoms with Crippen molar-refractivity contribution in [2.45, 2.75) is 19.5 Å². The Hall–Kier alpha value is -1.39. The third kappa shape index (κ3) is 2.40. The Morgan fingerprint density at radius 1 is 1.44 bits per heavy atom. The number of nitrogens with two attached hydrogens (primary N) is 1. The quantitative estimate of drug-likeness (QED) is 0.887. The molecule has 1 aromatic carbocycles. The van der Waals surface area contributed by atoms with Crippen molar-refractivity contribution in [1.82, 2.24) is 14.8 Å². The van der Waals surface area contributed by atoms with Crippen LogP contribution >= 0.6 is 11.6 Å². The first-order chi connectivity index (χ1) is 7.66. The summed E-state index contributed by atoms with van der Waals surface area (Å²) >= 11 is 6.06. The van der Waals surface area contributed by atoms with Crippen molar-refractivity contribution in [2.24, 2.45) is 5.73 Å². The summed E-state index contributed by atoms with van der Waals surface area (Å²) in [5.74, 6) is 0.645. The third-order valence-corrected chi connectivity index (χ3v) is 2.62. The van der Waals surface area contributed by atoms with E-state index in [1.165, 1.54) is 0 Å². The molecule has 2 aromatic rings. The van der Waals surface area contributed by atoms with Crippen LogP contribution in [0.4, 0.5) is 0 Å². The van der Waals surface area contributed by atoms with E-state index in [9.17, 15) is 0 Å². The highest BCUT2D eigenvalue weighted by atomic mass is 35.5. The van der Waals surface area contributed by atoms with Gasteiger partial charge in [-0.3, -0.25) is 0 Å². The van der Waals surface area contributed by atoms with Crippen LogP contribution < -0.4 is 5.73 Å². The Balaban J connectivity index is 2.18. The van der Waals surface area contributed by atoms with Crippen molar-refractivity contribution in [3.8, 4) is 0 Å². The number of hydrogen-bond acceptors (Lipinski definition) is 3. The largest absolute Gasteiger partial charge is 0.321 e. The van der Waals surface area contributed by atoms with Gasteiger partial charge in [-0.25, -0.2) is 9.67 Å². The molecule has 0 fully saturated rings. The zero-order valence-corrected chi connectivity index (χ0v) is 9.72. The Kier molecular flexibility index (Phi) is 3.22. The fourth-order valence-corrected chi connectivity index (χ4v) is 1.59. The molecule has 0 aliphatic carbocycles. The van der Waals surface area contributed by atoms with E-state index in [-0.39, 0.29) is 6.04 Å². The van der Waals surface area contributed by atoms with Crippen LogP contribution in [0.15, 0.2) is 30.6 Å². The molecular weight excluding hydrogens is 224 g/mol. The van der Waals surface area contributed by atoms with Crippen LogP contribution in [0, 0.1) is 0 Å². The minimum atomic E-state index is -0.146. The minimum absolute atomic E-state index is 0.146. The van der Waals surface area contributed by atoms with Crippen LogP contribution in [0.1, 0.15) is 24.4 Å². The Bertz CT molecular complexity index is 478. The second-order valence-corrected chi connectivity index (χ2v) is 4.09. The summed E-state index contributed by atoms with van der Waals surface area (Å²) in [5.41, 5.74) is 6.70. The predicted molar refractivity (Wildman–Crippen MR) is 63.2 cm³/mol. The average molecular weight is 237 g/mol. The SMILES string of the molecule is CC(N)c1ncn(Cc2ccccc2Cl)n1. The monoisotopic (exact) mass is 236 g/mol. The topological polar surface area (TPSA) is 56.7 Å². The van der Waals surface area contributed by atoms with Gasteiger partial charge in [0.15, 0.2) is 5.82 Å². The molecule has 0 aliphatic rings. The van der Waals surface area contributed by atoms with Crippen LogP contribution in [-0.4, -0.2) is 14.8 Å². The van der Waals surface area contributed by atoms with E-state index in [2.05, 4.69) is 10.1 Å². The number of rotatable bonds is 3. The van der Waals surface area contributed by atoms with Crippen LogP contribution in [0.2, 0.25) is 5.02 Å². The van der Waals surface area contributed by atoms with E-state index < -0.39 is 0 Å².